The molecule has 5 nitrogen and oxygen atoms in total. The Morgan fingerprint density at radius 2 is 1.86 bits per heavy atom. The van der Waals surface area contributed by atoms with Gasteiger partial charge in [-0.15, -0.1) is 24.0 Å². The molecular weight excluding hydrogens is 391 g/mol. The zero-order chi connectivity index (χ0) is 15.7. The van der Waals surface area contributed by atoms with Crippen LogP contribution < -0.4 is 10.6 Å². The largest absolute Gasteiger partial charge is 0.383 e. The van der Waals surface area contributed by atoms with Crippen molar-refractivity contribution < 1.29 is 4.74 Å². The van der Waals surface area contributed by atoms with Crippen molar-refractivity contribution in [2.75, 3.05) is 40.4 Å². The minimum absolute atomic E-state index is 0. The van der Waals surface area contributed by atoms with Crippen molar-refractivity contribution in [3.63, 3.8) is 0 Å². The first kappa shape index (κ1) is 21.9. The number of ether oxygens (including phenoxy) is 1. The van der Waals surface area contributed by atoms with Crippen molar-refractivity contribution in [2.45, 2.75) is 52.1 Å². The number of hydrogen-bond acceptors (Lipinski definition) is 3. The molecule has 0 aromatic rings. The zero-order valence-corrected chi connectivity index (χ0v) is 17.2. The van der Waals surface area contributed by atoms with Crippen molar-refractivity contribution in [1.82, 2.24) is 15.5 Å². The van der Waals surface area contributed by atoms with Gasteiger partial charge >= 0.3 is 0 Å². The fourth-order valence-corrected chi connectivity index (χ4v) is 2.95. The molecule has 0 radical (unpaired) electrons. The first-order chi connectivity index (χ1) is 10.1. The maximum atomic E-state index is 5.16. The van der Waals surface area contributed by atoms with Gasteiger partial charge in [-0.3, -0.25) is 9.89 Å². The molecule has 0 bridgehead atoms. The van der Waals surface area contributed by atoms with Crippen LogP contribution in [0.3, 0.4) is 0 Å². The summed E-state index contributed by atoms with van der Waals surface area (Å²) in [7, 11) is 3.54. The highest BCUT2D eigenvalue weighted by Crippen LogP contribution is 2.17. The Morgan fingerprint density at radius 3 is 2.36 bits per heavy atom. The van der Waals surface area contributed by atoms with E-state index in [1.165, 1.54) is 32.4 Å². The number of aliphatic imine (C=N–C) groups is 1. The Balaban J connectivity index is 0.00000441. The fourth-order valence-electron chi connectivity index (χ4n) is 2.95. The molecule has 0 amide bonds. The highest BCUT2D eigenvalue weighted by Gasteiger charge is 2.22. The molecule has 6 heteroatoms. The molecule has 1 aliphatic heterocycles. The van der Waals surface area contributed by atoms with Crippen LogP contribution in [0, 0.1) is 5.92 Å². The molecule has 2 atom stereocenters. The van der Waals surface area contributed by atoms with E-state index in [0.717, 1.165) is 18.4 Å². The molecule has 0 aliphatic carbocycles. The predicted octanol–water partition coefficient (Wildman–Crippen LogP) is 2.31. The maximum absolute atomic E-state index is 5.16. The second-order valence-electron chi connectivity index (χ2n) is 6.48. The van der Waals surface area contributed by atoms with Gasteiger partial charge in [-0.25, -0.2) is 0 Å². The summed E-state index contributed by atoms with van der Waals surface area (Å²) < 4.78 is 5.16. The van der Waals surface area contributed by atoms with Crippen molar-refractivity contribution in [2.24, 2.45) is 10.9 Å². The summed E-state index contributed by atoms with van der Waals surface area (Å²) in [5.74, 6) is 1.59. The van der Waals surface area contributed by atoms with Gasteiger partial charge in [0.25, 0.3) is 0 Å². The summed E-state index contributed by atoms with van der Waals surface area (Å²) in [6.07, 6.45) is 3.91. The third-order valence-corrected chi connectivity index (χ3v) is 3.93. The van der Waals surface area contributed by atoms with E-state index in [-0.39, 0.29) is 30.0 Å². The van der Waals surface area contributed by atoms with Gasteiger partial charge in [-0.2, -0.15) is 0 Å². The van der Waals surface area contributed by atoms with Crippen LogP contribution in [0.15, 0.2) is 4.99 Å². The van der Waals surface area contributed by atoms with E-state index in [9.17, 15) is 0 Å². The van der Waals surface area contributed by atoms with Crippen LogP contribution in [0.1, 0.15) is 40.0 Å². The van der Waals surface area contributed by atoms with E-state index in [1.807, 2.05) is 7.05 Å². The molecule has 1 saturated heterocycles. The maximum Gasteiger partial charge on any atom is 0.191 e. The van der Waals surface area contributed by atoms with E-state index < -0.39 is 0 Å². The number of guanidine groups is 1. The number of nitrogens with zero attached hydrogens (tertiary/aromatic N) is 2. The molecule has 0 aromatic carbocycles. The van der Waals surface area contributed by atoms with Gasteiger partial charge in [0.05, 0.1) is 6.61 Å². The summed E-state index contributed by atoms with van der Waals surface area (Å²) in [6, 6.07) is 0.861. The molecule has 2 unspecified atom stereocenters. The summed E-state index contributed by atoms with van der Waals surface area (Å²) in [4.78, 5) is 6.93. The topological polar surface area (TPSA) is 48.9 Å². The molecule has 0 aromatic heterocycles. The lowest BCUT2D eigenvalue weighted by molar-refractivity contribution is 0.178. The molecule has 1 aliphatic rings. The average Bonchev–Trinajstić information content (AvgIpc) is 2.95. The number of methoxy groups -OCH3 is 1. The van der Waals surface area contributed by atoms with Gasteiger partial charge in [0, 0.05) is 32.8 Å². The third kappa shape index (κ3) is 8.53. The summed E-state index contributed by atoms with van der Waals surface area (Å²) in [5.41, 5.74) is 0. The SMILES string of the molecule is CN=C(NCC(CC(C)C)N1CCCC1)NC(C)COC.I. The van der Waals surface area contributed by atoms with E-state index in [4.69, 9.17) is 4.74 Å². The van der Waals surface area contributed by atoms with E-state index in [1.54, 1.807) is 7.11 Å². The number of rotatable bonds is 8. The predicted molar refractivity (Wildman–Crippen MR) is 105 cm³/mol. The fraction of sp³-hybridized carbons (Fsp3) is 0.938. The zero-order valence-electron chi connectivity index (χ0n) is 14.9. The van der Waals surface area contributed by atoms with Gasteiger partial charge in [0.15, 0.2) is 5.96 Å². The monoisotopic (exact) mass is 426 g/mol. The Morgan fingerprint density at radius 1 is 1.23 bits per heavy atom. The Hall–Kier alpha value is -0.0800. The van der Waals surface area contributed by atoms with Crippen LogP contribution in [0.25, 0.3) is 0 Å². The second kappa shape index (κ2) is 12.4. The van der Waals surface area contributed by atoms with Crippen molar-refractivity contribution >= 4 is 29.9 Å². The van der Waals surface area contributed by atoms with Gasteiger partial charge in [0.2, 0.25) is 0 Å². The first-order valence-electron chi connectivity index (χ1n) is 8.27. The number of hydrogen-bond donors (Lipinski definition) is 2. The molecule has 2 N–H and O–H groups in total. The van der Waals surface area contributed by atoms with Crippen molar-refractivity contribution in [1.29, 1.82) is 0 Å². The lowest BCUT2D eigenvalue weighted by atomic mass is 10.0. The van der Waals surface area contributed by atoms with Crippen LogP contribution in [-0.4, -0.2) is 63.3 Å². The summed E-state index contributed by atoms with van der Waals surface area (Å²) in [6.45, 7) is 10.8. The molecule has 0 spiro atoms. The van der Waals surface area contributed by atoms with Crippen LogP contribution in [0.4, 0.5) is 0 Å². The minimum Gasteiger partial charge on any atom is -0.383 e. The van der Waals surface area contributed by atoms with Gasteiger partial charge < -0.3 is 15.4 Å². The van der Waals surface area contributed by atoms with Crippen LogP contribution in [-0.2, 0) is 4.74 Å². The molecule has 132 valence electrons. The molecule has 0 saturated carbocycles. The number of halogens is 1. The average molecular weight is 426 g/mol. The van der Waals surface area contributed by atoms with Gasteiger partial charge in [0.1, 0.15) is 0 Å². The van der Waals surface area contributed by atoms with Crippen molar-refractivity contribution in [3.8, 4) is 0 Å². The molecular formula is C16H35IN4O. The van der Waals surface area contributed by atoms with E-state index in [2.05, 4.69) is 41.3 Å². The Labute approximate surface area is 153 Å². The Kier molecular flexibility index (Phi) is 12.3. The highest BCUT2D eigenvalue weighted by atomic mass is 127. The molecule has 22 heavy (non-hydrogen) atoms. The van der Waals surface area contributed by atoms with Crippen LogP contribution >= 0.6 is 24.0 Å². The van der Waals surface area contributed by atoms with Crippen molar-refractivity contribution in [3.05, 3.63) is 0 Å². The Bertz CT molecular complexity index is 307. The van der Waals surface area contributed by atoms with E-state index >= 15 is 0 Å². The number of likely N-dealkylation sites (tertiary alicyclic amines) is 1. The summed E-state index contributed by atoms with van der Waals surface area (Å²) in [5, 5.41) is 6.84. The normalized spacial score (nSPS) is 18.9. The molecule has 1 heterocycles. The second-order valence-corrected chi connectivity index (χ2v) is 6.48. The van der Waals surface area contributed by atoms with Gasteiger partial charge in [-0.1, -0.05) is 13.8 Å². The lowest BCUT2D eigenvalue weighted by Crippen LogP contribution is -2.49. The van der Waals surface area contributed by atoms with Crippen LogP contribution in [0.5, 0.6) is 0 Å². The summed E-state index contributed by atoms with van der Waals surface area (Å²) >= 11 is 0. The highest BCUT2D eigenvalue weighted by molar-refractivity contribution is 14.0. The smallest absolute Gasteiger partial charge is 0.191 e. The van der Waals surface area contributed by atoms with Crippen LogP contribution in [0.2, 0.25) is 0 Å². The minimum atomic E-state index is 0. The molecule has 1 rings (SSSR count). The lowest BCUT2D eigenvalue weighted by Gasteiger charge is -2.30. The number of nitrogens with one attached hydrogen (secondary N) is 2. The molecule has 1 fully saturated rings. The van der Waals surface area contributed by atoms with E-state index in [0.29, 0.717) is 12.6 Å². The van der Waals surface area contributed by atoms with Gasteiger partial charge in [-0.05, 0) is 45.2 Å². The quantitative estimate of drug-likeness (QED) is 0.355. The first-order valence-corrected chi connectivity index (χ1v) is 8.27. The standard InChI is InChI=1S/C16H34N4O.HI/c1-13(2)10-15(20-8-6-7-9-20)11-18-16(17-4)19-14(3)12-21-5;/h13-15H,6-12H2,1-5H3,(H2,17,18,19);1H. The third-order valence-electron chi connectivity index (χ3n) is 3.93.